The fraction of sp³-hybridized carbons (Fsp3) is 0.0588. The van der Waals surface area contributed by atoms with Gasteiger partial charge in [0.25, 0.3) is 0 Å². The van der Waals surface area contributed by atoms with E-state index in [-0.39, 0.29) is 0 Å². The Hall–Kier alpha value is -1.94. The molecule has 1 aromatic heterocycles. The zero-order chi connectivity index (χ0) is 14.6. The molecule has 0 aliphatic heterocycles. The molecule has 1 heterocycles. The molecule has 0 aliphatic carbocycles. The summed E-state index contributed by atoms with van der Waals surface area (Å²) in [6.45, 7) is 1.96. The highest BCUT2D eigenvalue weighted by atomic mass is 79.9. The highest BCUT2D eigenvalue weighted by molar-refractivity contribution is 9.10. The van der Waals surface area contributed by atoms with E-state index in [0.29, 0.717) is 0 Å². The Morgan fingerprint density at radius 1 is 0.905 bits per heavy atom. The van der Waals surface area contributed by atoms with Crippen molar-refractivity contribution >= 4 is 61.8 Å². The molecule has 0 atom stereocenters. The third-order valence-electron chi connectivity index (χ3n) is 3.72. The second kappa shape index (κ2) is 4.53. The van der Waals surface area contributed by atoms with Crippen molar-refractivity contribution in [2.24, 2.45) is 0 Å². The number of fused-ring (bicyclic) bond motifs is 6. The second-order valence-corrected chi connectivity index (χ2v) is 6.12. The number of nitrogens with zero attached hydrogens (tertiary/aromatic N) is 2. The number of hydrogen-bond acceptors (Lipinski definition) is 2. The van der Waals surface area contributed by atoms with Crippen LogP contribution in [-0.4, -0.2) is 17.8 Å². The van der Waals surface area contributed by atoms with Crippen LogP contribution in [-0.2, 0) is 0 Å². The van der Waals surface area contributed by atoms with Crippen molar-refractivity contribution in [1.82, 2.24) is 9.97 Å². The maximum atomic E-state index is 5.98. The first kappa shape index (κ1) is 12.8. The molecule has 4 aromatic rings. The number of hydrogen-bond donors (Lipinski definition) is 0. The molecule has 0 saturated carbocycles. The SMILES string of the molecule is [B]c1ccc2c(c1)c1cc(Br)ccc1c1ncc(C)nc21. The molecule has 0 unspecified atom stereocenters. The summed E-state index contributed by atoms with van der Waals surface area (Å²) >= 11 is 3.55. The first-order valence-corrected chi connectivity index (χ1v) is 7.46. The smallest absolute Gasteiger partial charge is 0.113 e. The number of aromatic nitrogens is 2. The van der Waals surface area contributed by atoms with Crippen molar-refractivity contribution in [1.29, 1.82) is 0 Å². The average molecular weight is 333 g/mol. The second-order valence-electron chi connectivity index (χ2n) is 5.20. The Morgan fingerprint density at radius 2 is 1.62 bits per heavy atom. The van der Waals surface area contributed by atoms with Gasteiger partial charge in [-0.15, -0.1) is 0 Å². The van der Waals surface area contributed by atoms with Gasteiger partial charge in [-0.25, -0.2) is 4.98 Å². The molecule has 21 heavy (non-hydrogen) atoms. The van der Waals surface area contributed by atoms with Crippen LogP contribution in [0.1, 0.15) is 5.69 Å². The predicted octanol–water partition coefficient (Wildman–Crippen LogP) is 3.80. The van der Waals surface area contributed by atoms with Gasteiger partial charge in [-0.1, -0.05) is 45.7 Å². The summed E-state index contributed by atoms with van der Waals surface area (Å²) in [5.41, 5.74) is 3.53. The van der Waals surface area contributed by atoms with E-state index >= 15 is 0 Å². The maximum absolute atomic E-state index is 5.98. The molecule has 0 fully saturated rings. The highest BCUT2D eigenvalue weighted by Gasteiger charge is 2.11. The number of benzene rings is 3. The zero-order valence-electron chi connectivity index (χ0n) is 11.4. The molecule has 0 amide bonds. The summed E-state index contributed by atoms with van der Waals surface area (Å²) in [5.74, 6) is 0. The van der Waals surface area contributed by atoms with Gasteiger partial charge in [0, 0.05) is 21.4 Å². The van der Waals surface area contributed by atoms with Gasteiger partial charge in [-0.05, 0) is 29.8 Å². The molecule has 3 aromatic carbocycles. The number of rotatable bonds is 0. The molecule has 2 radical (unpaired) electrons. The van der Waals surface area contributed by atoms with Crippen LogP contribution < -0.4 is 5.46 Å². The topological polar surface area (TPSA) is 25.8 Å². The quantitative estimate of drug-likeness (QED) is 0.361. The normalized spacial score (nSPS) is 11.5. The van der Waals surface area contributed by atoms with Crippen LogP contribution in [0.2, 0.25) is 0 Å². The Labute approximate surface area is 131 Å². The molecule has 4 heteroatoms. The third-order valence-corrected chi connectivity index (χ3v) is 4.21. The molecule has 2 nitrogen and oxygen atoms in total. The van der Waals surface area contributed by atoms with Gasteiger partial charge >= 0.3 is 0 Å². The number of aryl methyl sites for hydroxylation is 1. The van der Waals surface area contributed by atoms with E-state index in [1.807, 2.05) is 37.4 Å². The van der Waals surface area contributed by atoms with Gasteiger partial charge in [0.1, 0.15) is 7.85 Å². The molecular formula is C17H10BBrN2. The Kier molecular flexibility index (Phi) is 2.76. The fourth-order valence-corrected chi connectivity index (χ4v) is 3.16. The fourth-order valence-electron chi connectivity index (χ4n) is 2.80. The summed E-state index contributed by atoms with van der Waals surface area (Å²) in [6, 6.07) is 12.2. The van der Waals surface area contributed by atoms with Gasteiger partial charge < -0.3 is 0 Å². The minimum Gasteiger partial charge on any atom is -0.252 e. The van der Waals surface area contributed by atoms with Gasteiger partial charge in [0.15, 0.2) is 0 Å². The van der Waals surface area contributed by atoms with E-state index < -0.39 is 0 Å². The van der Waals surface area contributed by atoms with E-state index in [4.69, 9.17) is 12.8 Å². The largest absolute Gasteiger partial charge is 0.252 e. The van der Waals surface area contributed by atoms with E-state index in [1.165, 1.54) is 0 Å². The standard InChI is InChI=1S/C17H10BBrN2/c1-9-8-20-16-12-5-3-11(19)7-15(12)14-6-10(18)2-4-13(14)17(16)21-9/h2-8H,1H3. The van der Waals surface area contributed by atoms with Crippen LogP contribution >= 0.6 is 15.9 Å². The number of halogens is 1. The minimum absolute atomic E-state index is 0.753. The molecule has 0 saturated heterocycles. The molecule has 0 bridgehead atoms. The first-order chi connectivity index (χ1) is 10.1. The molecule has 98 valence electrons. The predicted molar refractivity (Wildman–Crippen MR) is 92.4 cm³/mol. The molecular weight excluding hydrogens is 323 g/mol. The van der Waals surface area contributed by atoms with Crippen LogP contribution in [0.4, 0.5) is 0 Å². The summed E-state index contributed by atoms with van der Waals surface area (Å²) in [5, 5.41) is 4.43. The van der Waals surface area contributed by atoms with Crippen LogP contribution in [0.5, 0.6) is 0 Å². The van der Waals surface area contributed by atoms with E-state index in [0.717, 1.165) is 48.2 Å². The summed E-state index contributed by atoms with van der Waals surface area (Å²) in [4.78, 5) is 9.29. The van der Waals surface area contributed by atoms with Crippen LogP contribution in [0.3, 0.4) is 0 Å². The third kappa shape index (κ3) is 1.94. The van der Waals surface area contributed by atoms with E-state index in [9.17, 15) is 0 Å². The van der Waals surface area contributed by atoms with Crippen LogP contribution in [0.25, 0.3) is 32.6 Å². The molecule has 0 spiro atoms. The van der Waals surface area contributed by atoms with Gasteiger partial charge in [0.05, 0.1) is 16.7 Å². The summed E-state index contributed by atoms with van der Waals surface area (Å²) in [7, 11) is 5.98. The Bertz CT molecular complexity index is 1030. The van der Waals surface area contributed by atoms with Gasteiger partial charge in [-0.3, -0.25) is 4.98 Å². The van der Waals surface area contributed by atoms with Crippen molar-refractivity contribution in [2.75, 3.05) is 0 Å². The van der Waals surface area contributed by atoms with E-state index in [2.05, 4.69) is 33.0 Å². The van der Waals surface area contributed by atoms with E-state index in [1.54, 1.807) is 0 Å². The Balaban J connectivity index is 2.39. The summed E-state index contributed by atoms with van der Waals surface area (Å²) in [6.07, 6.45) is 1.81. The van der Waals surface area contributed by atoms with Crippen molar-refractivity contribution in [2.45, 2.75) is 6.92 Å². The Morgan fingerprint density at radius 3 is 2.48 bits per heavy atom. The molecule has 0 aliphatic rings. The maximum Gasteiger partial charge on any atom is 0.113 e. The average Bonchev–Trinajstić information content (AvgIpc) is 2.47. The first-order valence-electron chi connectivity index (χ1n) is 6.67. The molecule has 4 rings (SSSR count). The monoisotopic (exact) mass is 332 g/mol. The van der Waals surface area contributed by atoms with Crippen molar-refractivity contribution in [3.8, 4) is 0 Å². The summed E-state index contributed by atoms with van der Waals surface area (Å²) < 4.78 is 1.04. The lowest BCUT2D eigenvalue weighted by Gasteiger charge is -2.10. The van der Waals surface area contributed by atoms with Crippen LogP contribution in [0.15, 0.2) is 47.1 Å². The minimum atomic E-state index is 0.753. The van der Waals surface area contributed by atoms with Gasteiger partial charge in [0.2, 0.25) is 0 Å². The lowest BCUT2D eigenvalue weighted by molar-refractivity contribution is 1.19. The molecule has 0 N–H and O–H groups in total. The van der Waals surface area contributed by atoms with Gasteiger partial charge in [-0.2, -0.15) is 0 Å². The highest BCUT2D eigenvalue weighted by Crippen LogP contribution is 2.33. The van der Waals surface area contributed by atoms with Crippen molar-refractivity contribution in [3.05, 3.63) is 52.8 Å². The lowest BCUT2D eigenvalue weighted by atomic mass is 9.90. The zero-order valence-corrected chi connectivity index (χ0v) is 13.0. The lowest BCUT2D eigenvalue weighted by Crippen LogP contribution is -2.01. The van der Waals surface area contributed by atoms with Crippen molar-refractivity contribution in [3.63, 3.8) is 0 Å². The van der Waals surface area contributed by atoms with Crippen molar-refractivity contribution < 1.29 is 0 Å². The van der Waals surface area contributed by atoms with Crippen LogP contribution in [0, 0.1) is 6.92 Å².